The van der Waals surface area contributed by atoms with Crippen LogP contribution in [0.25, 0.3) is 12.2 Å². The molecule has 0 N–H and O–H groups in total. The van der Waals surface area contributed by atoms with Gasteiger partial charge in [0.1, 0.15) is 0 Å². The molecule has 0 nitrogen and oxygen atoms in total. The SMILES string of the molecule is CCCCC1=Cc2ccccc2[CH]1[Hf]([CH]1C(CCCC)=Cc2ccccc21)[SiH](c1ccccc1)c1ccccc1. The minimum atomic E-state index is -2.70. The summed E-state index contributed by atoms with van der Waals surface area (Å²) in [7, 11) is 0. The second-order valence-corrected chi connectivity index (χ2v) is 33.1. The summed E-state index contributed by atoms with van der Waals surface area (Å²) >= 11 is -2.70. The Balaban J connectivity index is 1.61. The number of allylic oxidation sites excluding steroid dienone is 2. The summed E-state index contributed by atoms with van der Waals surface area (Å²) in [6, 6.07) is 42.5. The fourth-order valence-corrected chi connectivity index (χ4v) is 46.6. The summed E-state index contributed by atoms with van der Waals surface area (Å²) in [6.07, 6.45) is 12.8. The van der Waals surface area contributed by atoms with Gasteiger partial charge < -0.3 is 0 Å². The van der Waals surface area contributed by atoms with Crippen LogP contribution in [0.4, 0.5) is 0 Å². The molecular weight excluding hydrogens is 663 g/mol. The summed E-state index contributed by atoms with van der Waals surface area (Å²) in [4.78, 5) is 0. The van der Waals surface area contributed by atoms with Crippen LogP contribution in [-0.4, -0.2) is 5.98 Å². The Morgan fingerprint density at radius 1 is 0.525 bits per heavy atom. The molecule has 40 heavy (non-hydrogen) atoms. The summed E-state index contributed by atoms with van der Waals surface area (Å²) in [5.41, 5.74) is 9.82. The van der Waals surface area contributed by atoms with Gasteiger partial charge in [0.15, 0.2) is 0 Å². The van der Waals surface area contributed by atoms with Gasteiger partial charge in [0.2, 0.25) is 0 Å². The Labute approximate surface area is 250 Å². The average Bonchev–Trinajstić information content (AvgIpc) is 3.56. The second kappa shape index (κ2) is 13.0. The summed E-state index contributed by atoms with van der Waals surface area (Å²) in [5.74, 6) is -1.50. The average molecular weight is 704 g/mol. The quantitative estimate of drug-likeness (QED) is 0.137. The Morgan fingerprint density at radius 2 is 0.925 bits per heavy atom. The first-order valence-electron chi connectivity index (χ1n) is 15.4. The zero-order valence-corrected chi connectivity index (χ0v) is 28.8. The predicted octanol–water partition coefficient (Wildman–Crippen LogP) is 8.80. The Hall–Kier alpha value is -2.55. The molecule has 2 aliphatic carbocycles. The zero-order chi connectivity index (χ0) is 27.3. The van der Waals surface area contributed by atoms with Gasteiger partial charge in [0.25, 0.3) is 0 Å². The molecule has 0 radical (unpaired) electrons. The van der Waals surface area contributed by atoms with Crippen molar-refractivity contribution in [3.8, 4) is 0 Å². The van der Waals surface area contributed by atoms with Gasteiger partial charge in [-0.2, -0.15) is 0 Å². The minimum absolute atomic E-state index is 0.658. The fraction of sp³-hybridized carbons (Fsp3) is 0.263. The standard InChI is InChI=1S/2C13H15.C12H11Si.Hf/c2*1-2-3-6-11-9-12-7-4-5-8-13(12)10-11;1-3-7-11(8-4-1)13-12-9-5-2-6-10-12;/h2*4-5,7-10H,2-3,6H2,1H3;1-10,13H;. The number of unbranched alkanes of at least 4 members (excludes halogenated alkanes) is 2. The number of rotatable bonds is 11. The van der Waals surface area contributed by atoms with Crippen molar-refractivity contribution in [1.29, 1.82) is 0 Å². The van der Waals surface area contributed by atoms with E-state index in [1.165, 1.54) is 49.7 Å². The predicted molar refractivity (Wildman–Crippen MR) is 173 cm³/mol. The van der Waals surface area contributed by atoms with Crippen molar-refractivity contribution >= 4 is 28.5 Å². The van der Waals surface area contributed by atoms with Crippen molar-refractivity contribution in [1.82, 2.24) is 0 Å². The van der Waals surface area contributed by atoms with Gasteiger partial charge in [-0.1, -0.05) is 0 Å². The van der Waals surface area contributed by atoms with Crippen LogP contribution >= 0.6 is 0 Å². The van der Waals surface area contributed by atoms with E-state index in [-0.39, 0.29) is 0 Å². The number of hydrogen-bond acceptors (Lipinski definition) is 0. The van der Waals surface area contributed by atoms with Crippen molar-refractivity contribution in [3.05, 3.63) is 143 Å². The third-order valence-corrected chi connectivity index (χ3v) is 41.2. The van der Waals surface area contributed by atoms with Crippen LogP contribution in [0.5, 0.6) is 0 Å². The van der Waals surface area contributed by atoms with Crippen LogP contribution < -0.4 is 10.4 Å². The van der Waals surface area contributed by atoms with Crippen molar-refractivity contribution in [2.24, 2.45) is 0 Å². The number of fused-ring (bicyclic) bond motifs is 2. The van der Waals surface area contributed by atoms with Crippen LogP contribution in [-0.2, 0) is 20.6 Å². The first-order valence-corrected chi connectivity index (χ1v) is 27.5. The molecule has 0 amide bonds. The second-order valence-electron chi connectivity index (χ2n) is 11.5. The maximum atomic E-state index is 2.62. The fourth-order valence-electron chi connectivity index (χ4n) is 7.13. The van der Waals surface area contributed by atoms with Crippen molar-refractivity contribution < 1.29 is 20.6 Å². The van der Waals surface area contributed by atoms with Gasteiger partial charge in [-0.05, 0) is 0 Å². The summed E-state index contributed by atoms with van der Waals surface area (Å²) in [5, 5.41) is 3.32. The molecule has 2 heteroatoms. The van der Waals surface area contributed by atoms with Gasteiger partial charge in [0.05, 0.1) is 0 Å². The van der Waals surface area contributed by atoms with E-state index < -0.39 is 26.6 Å². The Morgan fingerprint density at radius 3 is 1.35 bits per heavy atom. The van der Waals surface area contributed by atoms with Gasteiger partial charge in [0, 0.05) is 0 Å². The first kappa shape index (κ1) is 27.6. The van der Waals surface area contributed by atoms with E-state index in [0.29, 0.717) is 7.35 Å². The van der Waals surface area contributed by atoms with Crippen molar-refractivity contribution in [3.63, 3.8) is 0 Å². The molecule has 2 atom stereocenters. The van der Waals surface area contributed by atoms with Crippen LogP contribution in [0.2, 0.25) is 0 Å². The molecule has 0 saturated heterocycles. The molecule has 4 aromatic carbocycles. The molecule has 4 aromatic rings. The van der Waals surface area contributed by atoms with Crippen LogP contribution in [0.15, 0.2) is 120 Å². The monoisotopic (exact) mass is 705 g/mol. The third-order valence-electron chi connectivity index (χ3n) is 8.94. The van der Waals surface area contributed by atoms with Crippen LogP contribution in [0.3, 0.4) is 0 Å². The van der Waals surface area contributed by atoms with E-state index >= 15 is 0 Å². The van der Waals surface area contributed by atoms with Gasteiger partial charge in [-0.15, -0.1) is 0 Å². The molecule has 0 aromatic heterocycles. The molecule has 2 unspecified atom stereocenters. The van der Waals surface area contributed by atoms with Crippen molar-refractivity contribution in [2.45, 2.75) is 59.7 Å². The van der Waals surface area contributed by atoms with Crippen LogP contribution in [0, 0.1) is 0 Å². The Bertz CT molecular complexity index is 1370. The van der Waals surface area contributed by atoms with E-state index in [9.17, 15) is 0 Å². The zero-order valence-electron chi connectivity index (χ0n) is 24.0. The number of benzene rings is 4. The first-order chi connectivity index (χ1) is 19.8. The topological polar surface area (TPSA) is 0 Å². The Kier molecular flexibility index (Phi) is 8.94. The van der Waals surface area contributed by atoms with E-state index in [1.54, 1.807) is 32.6 Å². The van der Waals surface area contributed by atoms with Gasteiger partial charge in [-0.25, -0.2) is 0 Å². The molecule has 0 heterocycles. The van der Waals surface area contributed by atoms with Gasteiger partial charge >= 0.3 is 251 Å². The molecule has 0 spiro atoms. The molecule has 0 fully saturated rings. The molecule has 6 rings (SSSR count). The van der Waals surface area contributed by atoms with E-state index in [2.05, 4.69) is 135 Å². The molecule has 2 aliphatic rings. The third kappa shape index (κ3) is 5.50. The molecule has 201 valence electrons. The van der Waals surface area contributed by atoms with E-state index in [1.807, 2.05) is 0 Å². The molecular formula is C38H41HfSi. The molecule has 0 saturated carbocycles. The summed E-state index contributed by atoms with van der Waals surface area (Å²) < 4.78 is 1.32. The maximum absolute atomic E-state index is 2.70. The normalized spacial score (nSPS) is 17.4. The molecule has 0 bridgehead atoms. The van der Waals surface area contributed by atoms with Crippen LogP contribution in [0.1, 0.15) is 82.0 Å². The van der Waals surface area contributed by atoms with E-state index in [4.69, 9.17) is 0 Å². The van der Waals surface area contributed by atoms with Crippen molar-refractivity contribution in [2.75, 3.05) is 0 Å². The van der Waals surface area contributed by atoms with Gasteiger partial charge in [-0.3, -0.25) is 0 Å². The number of hydrogen-bond donors (Lipinski definition) is 0. The summed E-state index contributed by atoms with van der Waals surface area (Å²) in [6.45, 7) is 4.70. The van der Waals surface area contributed by atoms with E-state index in [0.717, 1.165) is 0 Å². The molecule has 0 aliphatic heterocycles.